The number of halogens is 3. The first-order valence-electron chi connectivity index (χ1n) is 10.2. The quantitative estimate of drug-likeness (QED) is 0.476. The molecular formula is C24H20ClF2NO5. The summed E-state index contributed by atoms with van der Waals surface area (Å²) in [5.41, 5.74) is 1.22. The predicted molar refractivity (Wildman–Crippen MR) is 120 cm³/mol. The van der Waals surface area contributed by atoms with Gasteiger partial charge in [-0.1, -0.05) is 41.9 Å². The van der Waals surface area contributed by atoms with Crippen LogP contribution in [0.1, 0.15) is 35.3 Å². The SMILES string of the molecule is CC(C)Oc1c2c(c(OC(F)F)c3ccccc13)C(=O)N(c1ccc(CC(=O)O)cc1Cl)C2. The minimum atomic E-state index is -3.13. The van der Waals surface area contributed by atoms with E-state index in [4.69, 9.17) is 26.2 Å². The fraction of sp³-hybridized carbons (Fsp3) is 0.250. The lowest BCUT2D eigenvalue weighted by molar-refractivity contribution is -0.136. The highest BCUT2D eigenvalue weighted by molar-refractivity contribution is 6.34. The largest absolute Gasteiger partial charge is 0.490 e. The summed E-state index contributed by atoms with van der Waals surface area (Å²) in [5, 5.41) is 10.1. The number of hydrogen-bond acceptors (Lipinski definition) is 4. The van der Waals surface area contributed by atoms with Crippen LogP contribution in [0, 0.1) is 0 Å². The van der Waals surface area contributed by atoms with Crippen molar-refractivity contribution in [3.8, 4) is 11.5 Å². The van der Waals surface area contributed by atoms with E-state index in [9.17, 15) is 18.4 Å². The van der Waals surface area contributed by atoms with Crippen molar-refractivity contribution >= 4 is 39.9 Å². The molecule has 1 heterocycles. The van der Waals surface area contributed by atoms with E-state index in [1.54, 1.807) is 36.4 Å². The number of carbonyl (C=O) groups is 2. The van der Waals surface area contributed by atoms with Crippen molar-refractivity contribution in [1.82, 2.24) is 0 Å². The van der Waals surface area contributed by atoms with Gasteiger partial charge in [-0.05, 0) is 31.5 Å². The zero-order chi connectivity index (χ0) is 23.9. The highest BCUT2D eigenvalue weighted by Crippen LogP contribution is 2.47. The van der Waals surface area contributed by atoms with E-state index in [0.29, 0.717) is 33.3 Å². The Bertz CT molecular complexity index is 1260. The van der Waals surface area contributed by atoms with Crippen LogP contribution in [0.25, 0.3) is 10.8 Å². The van der Waals surface area contributed by atoms with Crippen molar-refractivity contribution in [2.75, 3.05) is 4.90 Å². The number of aliphatic carboxylic acids is 1. The fourth-order valence-corrected chi connectivity index (χ4v) is 4.30. The summed E-state index contributed by atoms with van der Waals surface area (Å²) in [5.74, 6) is -1.36. The molecule has 1 amide bonds. The third-order valence-electron chi connectivity index (χ3n) is 5.21. The molecule has 0 saturated heterocycles. The number of anilines is 1. The second-order valence-corrected chi connectivity index (χ2v) is 8.26. The van der Waals surface area contributed by atoms with Crippen LogP contribution in [-0.2, 0) is 17.8 Å². The normalized spacial score (nSPS) is 13.2. The van der Waals surface area contributed by atoms with Crippen LogP contribution in [0.5, 0.6) is 11.5 Å². The van der Waals surface area contributed by atoms with Crippen LogP contribution in [0.3, 0.4) is 0 Å². The Morgan fingerprint density at radius 1 is 1.12 bits per heavy atom. The van der Waals surface area contributed by atoms with E-state index in [0.717, 1.165) is 0 Å². The molecule has 9 heteroatoms. The third kappa shape index (κ3) is 4.30. The summed E-state index contributed by atoms with van der Waals surface area (Å²) in [6.07, 6.45) is -0.458. The van der Waals surface area contributed by atoms with Gasteiger partial charge in [0.05, 0.1) is 35.3 Å². The molecule has 0 spiro atoms. The molecule has 0 unspecified atom stereocenters. The number of nitrogens with zero attached hydrogens (tertiary/aromatic N) is 1. The maximum atomic E-state index is 13.5. The molecule has 0 fully saturated rings. The molecule has 1 aliphatic heterocycles. The van der Waals surface area contributed by atoms with E-state index < -0.39 is 18.5 Å². The molecule has 172 valence electrons. The van der Waals surface area contributed by atoms with Crippen LogP contribution in [-0.4, -0.2) is 29.7 Å². The minimum absolute atomic E-state index is 0.00432. The van der Waals surface area contributed by atoms with Gasteiger partial charge in [-0.2, -0.15) is 8.78 Å². The van der Waals surface area contributed by atoms with Gasteiger partial charge in [-0.15, -0.1) is 0 Å². The van der Waals surface area contributed by atoms with E-state index in [2.05, 4.69) is 0 Å². The number of amides is 1. The van der Waals surface area contributed by atoms with Crippen LogP contribution in [0.4, 0.5) is 14.5 Å². The Hall–Kier alpha value is -3.39. The number of carbonyl (C=O) groups excluding carboxylic acids is 1. The van der Waals surface area contributed by atoms with Gasteiger partial charge in [0.2, 0.25) is 0 Å². The maximum absolute atomic E-state index is 13.5. The molecule has 0 bridgehead atoms. The maximum Gasteiger partial charge on any atom is 0.387 e. The second kappa shape index (κ2) is 8.86. The Labute approximate surface area is 193 Å². The monoisotopic (exact) mass is 475 g/mol. The highest BCUT2D eigenvalue weighted by Gasteiger charge is 2.38. The van der Waals surface area contributed by atoms with Crippen molar-refractivity contribution in [2.45, 2.75) is 39.5 Å². The molecule has 3 aromatic carbocycles. The van der Waals surface area contributed by atoms with Crippen LogP contribution in [0.15, 0.2) is 42.5 Å². The molecular weight excluding hydrogens is 456 g/mol. The summed E-state index contributed by atoms with van der Waals surface area (Å²) in [7, 11) is 0. The average Bonchev–Trinajstić information content (AvgIpc) is 3.06. The predicted octanol–water partition coefficient (Wildman–Crippen LogP) is 5.67. The van der Waals surface area contributed by atoms with E-state index >= 15 is 0 Å². The standard InChI is InChI=1S/C24H20ClF2NO5/c1-12(2)32-21-14-5-3-4-6-15(14)22(33-24(26)27)20-16(21)11-28(23(20)31)18-8-7-13(9-17(18)25)10-19(29)30/h3-9,12,24H,10-11H2,1-2H3,(H,29,30). The number of rotatable bonds is 7. The molecule has 6 nitrogen and oxygen atoms in total. The Balaban J connectivity index is 1.89. The van der Waals surface area contributed by atoms with E-state index in [-0.39, 0.29) is 35.4 Å². The number of hydrogen-bond donors (Lipinski definition) is 1. The fourth-order valence-electron chi connectivity index (χ4n) is 4.00. The molecule has 33 heavy (non-hydrogen) atoms. The van der Waals surface area contributed by atoms with Gasteiger partial charge >= 0.3 is 12.6 Å². The first kappa shape index (κ1) is 22.8. The van der Waals surface area contributed by atoms with E-state index in [1.807, 2.05) is 13.8 Å². The Kier molecular flexibility index (Phi) is 6.12. The molecule has 0 aromatic heterocycles. The molecule has 1 aliphatic rings. The van der Waals surface area contributed by atoms with Gasteiger partial charge in [0.25, 0.3) is 5.91 Å². The number of fused-ring (bicyclic) bond motifs is 2. The lowest BCUT2D eigenvalue weighted by Gasteiger charge is -2.19. The van der Waals surface area contributed by atoms with Crippen LogP contribution >= 0.6 is 11.6 Å². The zero-order valence-corrected chi connectivity index (χ0v) is 18.5. The number of alkyl halides is 2. The molecule has 1 N–H and O–H groups in total. The summed E-state index contributed by atoms with van der Waals surface area (Å²) >= 11 is 6.38. The second-order valence-electron chi connectivity index (χ2n) is 7.85. The summed E-state index contributed by atoms with van der Waals surface area (Å²) in [4.78, 5) is 25.8. The van der Waals surface area contributed by atoms with Gasteiger partial charge < -0.3 is 19.5 Å². The first-order valence-corrected chi connectivity index (χ1v) is 10.6. The van der Waals surface area contributed by atoms with Gasteiger partial charge in [0, 0.05) is 16.3 Å². The van der Waals surface area contributed by atoms with Crippen LogP contribution in [0.2, 0.25) is 5.02 Å². The van der Waals surface area contributed by atoms with Crippen molar-refractivity contribution in [1.29, 1.82) is 0 Å². The highest BCUT2D eigenvalue weighted by atomic mass is 35.5. The van der Waals surface area contributed by atoms with Gasteiger partial charge in [0.1, 0.15) is 11.5 Å². The molecule has 0 radical (unpaired) electrons. The molecule has 0 atom stereocenters. The lowest BCUT2D eigenvalue weighted by Crippen LogP contribution is -2.24. The van der Waals surface area contributed by atoms with Crippen molar-refractivity contribution in [3.05, 3.63) is 64.2 Å². The number of ether oxygens (including phenoxy) is 2. The number of benzene rings is 3. The lowest BCUT2D eigenvalue weighted by atomic mass is 9.99. The van der Waals surface area contributed by atoms with Gasteiger partial charge in [-0.25, -0.2) is 0 Å². The topological polar surface area (TPSA) is 76.1 Å². The van der Waals surface area contributed by atoms with Crippen molar-refractivity contribution in [2.24, 2.45) is 0 Å². The van der Waals surface area contributed by atoms with Crippen molar-refractivity contribution < 1.29 is 33.0 Å². The number of carboxylic acids is 1. The summed E-state index contributed by atoms with van der Waals surface area (Å²) in [6.45, 7) is 0.558. The minimum Gasteiger partial charge on any atom is -0.490 e. The van der Waals surface area contributed by atoms with Gasteiger partial charge in [0.15, 0.2) is 0 Å². The molecule has 0 aliphatic carbocycles. The first-order chi connectivity index (χ1) is 15.7. The molecule has 3 aromatic rings. The zero-order valence-electron chi connectivity index (χ0n) is 17.8. The summed E-state index contributed by atoms with van der Waals surface area (Å²) < 4.78 is 37.6. The summed E-state index contributed by atoms with van der Waals surface area (Å²) in [6, 6.07) is 11.3. The number of carboxylic acid groups (broad SMARTS) is 1. The van der Waals surface area contributed by atoms with E-state index in [1.165, 1.54) is 11.0 Å². The third-order valence-corrected chi connectivity index (χ3v) is 5.52. The Morgan fingerprint density at radius 3 is 2.36 bits per heavy atom. The Morgan fingerprint density at radius 2 is 1.79 bits per heavy atom. The molecule has 4 rings (SSSR count). The average molecular weight is 476 g/mol. The smallest absolute Gasteiger partial charge is 0.387 e. The van der Waals surface area contributed by atoms with Gasteiger partial charge in [-0.3, -0.25) is 9.59 Å². The van der Waals surface area contributed by atoms with Crippen LogP contribution < -0.4 is 14.4 Å². The molecule has 0 saturated carbocycles. The van der Waals surface area contributed by atoms with Crippen molar-refractivity contribution in [3.63, 3.8) is 0 Å².